The van der Waals surface area contributed by atoms with Crippen molar-refractivity contribution in [2.75, 3.05) is 5.73 Å². The molecule has 2 heterocycles. The molecule has 0 unspecified atom stereocenters. The molecule has 0 bridgehead atoms. The van der Waals surface area contributed by atoms with Gasteiger partial charge in [0.15, 0.2) is 5.65 Å². The van der Waals surface area contributed by atoms with E-state index in [0.717, 1.165) is 0 Å². The van der Waals surface area contributed by atoms with Gasteiger partial charge in [0.25, 0.3) is 0 Å². The maximum atomic E-state index is 12.7. The molecule has 0 spiro atoms. The Labute approximate surface area is 135 Å². The second kappa shape index (κ2) is 5.98. The smallest absolute Gasteiger partial charge is 0.330 e. The van der Waals surface area contributed by atoms with Crippen LogP contribution in [-0.2, 0) is 13.1 Å². The molecular weight excluding hydrogens is 296 g/mol. The number of nitrogen functional groups attached to an aromatic ring is 1. The van der Waals surface area contributed by atoms with Crippen LogP contribution in [0.1, 0.15) is 40.5 Å². The Morgan fingerprint density at radius 3 is 2.13 bits per heavy atom. The molecule has 7 nitrogen and oxygen atoms in total. The van der Waals surface area contributed by atoms with E-state index in [1.165, 1.54) is 6.20 Å². The summed E-state index contributed by atoms with van der Waals surface area (Å²) in [6.45, 7) is 7.56. The third-order valence-electron chi connectivity index (χ3n) is 3.77. The van der Waals surface area contributed by atoms with E-state index in [0.29, 0.717) is 42.8 Å². The Hall–Kier alpha value is -1.86. The average molecular weight is 322 g/mol. The van der Waals surface area contributed by atoms with Crippen LogP contribution in [-0.4, -0.2) is 35.5 Å². The van der Waals surface area contributed by atoms with Crippen molar-refractivity contribution < 1.29 is 10.2 Å². The van der Waals surface area contributed by atoms with Crippen molar-refractivity contribution in [1.29, 1.82) is 0 Å². The molecule has 0 amide bonds. The van der Waals surface area contributed by atoms with Crippen molar-refractivity contribution in [1.82, 2.24) is 14.1 Å². The van der Waals surface area contributed by atoms with E-state index >= 15 is 0 Å². The number of nitrogens with two attached hydrogens (primary N) is 1. The standard InChI is InChI=1S/C16H26N4O3/c1-15(2,22)5-7-19-12-9-11(17)10-18-13(12)20(14(19)21)8-6-16(3,4)23/h9-10,22-23H,5-8,17H2,1-4H3. The van der Waals surface area contributed by atoms with Crippen LogP contribution >= 0.6 is 0 Å². The van der Waals surface area contributed by atoms with Gasteiger partial charge >= 0.3 is 5.69 Å². The van der Waals surface area contributed by atoms with E-state index in [1.807, 2.05) is 0 Å². The van der Waals surface area contributed by atoms with Crippen molar-refractivity contribution in [2.24, 2.45) is 0 Å². The van der Waals surface area contributed by atoms with E-state index in [2.05, 4.69) is 4.98 Å². The maximum absolute atomic E-state index is 12.7. The predicted molar refractivity (Wildman–Crippen MR) is 90.2 cm³/mol. The van der Waals surface area contributed by atoms with Gasteiger partial charge in [-0.3, -0.25) is 9.13 Å². The second-order valence-corrected chi connectivity index (χ2v) is 7.32. The van der Waals surface area contributed by atoms with Crippen LogP contribution in [0, 0.1) is 0 Å². The fourth-order valence-electron chi connectivity index (χ4n) is 2.40. The maximum Gasteiger partial charge on any atom is 0.330 e. The Bertz CT molecular complexity index is 747. The molecule has 2 rings (SSSR count). The van der Waals surface area contributed by atoms with Crippen molar-refractivity contribution in [2.45, 2.75) is 64.8 Å². The largest absolute Gasteiger partial charge is 0.397 e. The first-order valence-electron chi connectivity index (χ1n) is 7.77. The highest BCUT2D eigenvalue weighted by Crippen LogP contribution is 2.18. The summed E-state index contributed by atoms with van der Waals surface area (Å²) >= 11 is 0. The van der Waals surface area contributed by atoms with Gasteiger partial charge in [0.1, 0.15) is 0 Å². The lowest BCUT2D eigenvalue weighted by Gasteiger charge is -2.17. The Balaban J connectivity index is 2.47. The first kappa shape index (κ1) is 17.5. The summed E-state index contributed by atoms with van der Waals surface area (Å²) in [5, 5.41) is 19.8. The molecule has 0 saturated carbocycles. The number of fused-ring (bicyclic) bond motifs is 1. The van der Waals surface area contributed by atoms with Gasteiger partial charge in [-0.15, -0.1) is 0 Å². The summed E-state index contributed by atoms with van der Waals surface area (Å²) in [7, 11) is 0. The quantitative estimate of drug-likeness (QED) is 0.738. The van der Waals surface area contributed by atoms with Crippen molar-refractivity contribution in [3.63, 3.8) is 0 Å². The summed E-state index contributed by atoms with van der Waals surface area (Å²) in [5.74, 6) is 0. The summed E-state index contributed by atoms with van der Waals surface area (Å²) < 4.78 is 3.14. The molecule has 7 heteroatoms. The average Bonchev–Trinajstić information content (AvgIpc) is 2.63. The molecule has 0 aliphatic rings. The first-order valence-corrected chi connectivity index (χ1v) is 7.77. The van der Waals surface area contributed by atoms with Gasteiger partial charge in [-0.05, 0) is 46.6 Å². The fraction of sp³-hybridized carbons (Fsp3) is 0.625. The highest BCUT2D eigenvalue weighted by Gasteiger charge is 2.20. The van der Waals surface area contributed by atoms with E-state index < -0.39 is 11.2 Å². The number of aliphatic hydroxyl groups is 2. The van der Waals surface area contributed by atoms with Gasteiger partial charge in [0.05, 0.1) is 28.6 Å². The monoisotopic (exact) mass is 322 g/mol. The number of anilines is 1. The van der Waals surface area contributed by atoms with Crippen LogP contribution < -0.4 is 11.4 Å². The molecule has 128 valence electrons. The Kier molecular flexibility index (Phi) is 4.54. The third kappa shape index (κ3) is 4.33. The lowest BCUT2D eigenvalue weighted by atomic mass is 10.1. The molecular formula is C16H26N4O3. The van der Waals surface area contributed by atoms with Crippen LogP contribution in [0.5, 0.6) is 0 Å². The van der Waals surface area contributed by atoms with Crippen LogP contribution in [0.4, 0.5) is 5.69 Å². The molecule has 0 aliphatic heterocycles. The Morgan fingerprint density at radius 1 is 1.09 bits per heavy atom. The van der Waals surface area contributed by atoms with Crippen LogP contribution in [0.2, 0.25) is 0 Å². The van der Waals surface area contributed by atoms with E-state index in [4.69, 9.17) is 5.73 Å². The van der Waals surface area contributed by atoms with Gasteiger partial charge in [0.2, 0.25) is 0 Å². The number of hydrogen-bond acceptors (Lipinski definition) is 5. The lowest BCUT2D eigenvalue weighted by molar-refractivity contribution is 0.0653. The van der Waals surface area contributed by atoms with E-state index in [9.17, 15) is 15.0 Å². The van der Waals surface area contributed by atoms with E-state index in [1.54, 1.807) is 42.9 Å². The zero-order valence-corrected chi connectivity index (χ0v) is 14.2. The number of imidazole rings is 1. The third-order valence-corrected chi connectivity index (χ3v) is 3.77. The topological polar surface area (TPSA) is 106 Å². The molecule has 0 radical (unpaired) electrons. The minimum atomic E-state index is -0.866. The summed E-state index contributed by atoms with van der Waals surface area (Å²) in [6.07, 6.45) is 2.39. The molecule has 2 aromatic heterocycles. The lowest BCUT2D eigenvalue weighted by Crippen LogP contribution is -2.30. The number of pyridine rings is 1. The molecule has 0 saturated heterocycles. The molecule has 2 aromatic rings. The molecule has 23 heavy (non-hydrogen) atoms. The Morgan fingerprint density at radius 2 is 1.61 bits per heavy atom. The highest BCUT2D eigenvalue weighted by molar-refractivity contribution is 5.75. The van der Waals surface area contributed by atoms with Gasteiger partial charge in [-0.2, -0.15) is 0 Å². The summed E-state index contributed by atoms with van der Waals surface area (Å²) in [4.78, 5) is 17.0. The SMILES string of the molecule is CC(C)(O)CCn1c(=O)n(CCC(C)(C)O)c2ncc(N)cc21. The number of aromatic nitrogens is 3. The van der Waals surface area contributed by atoms with Gasteiger partial charge in [0, 0.05) is 13.1 Å². The zero-order valence-electron chi connectivity index (χ0n) is 14.2. The van der Waals surface area contributed by atoms with Gasteiger partial charge < -0.3 is 15.9 Å². The number of rotatable bonds is 6. The fourth-order valence-corrected chi connectivity index (χ4v) is 2.40. The minimum Gasteiger partial charge on any atom is -0.397 e. The minimum absolute atomic E-state index is 0.202. The zero-order chi connectivity index (χ0) is 17.4. The molecule has 0 atom stereocenters. The molecule has 0 fully saturated rings. The summed E-state index contributed by atoms with van der Waals surface area (Å²) in [6, 6.07) is 1.72. The highest BCUT2D eigenvalue weighted by atomic mass is 16.3. The predicted octanol–water partition coefficient (Wildman–Crippen LogP) is 1.10. The number of nitrogens with zero attached hydrogens (tertiary/aromatic N) is 3. The second-order valence-electron chi connectivity index (χ2n) is 7.32. The molecule has 4 N–H and O–H groups in total. The number of hydrogen-bond donors (Lipinski definition) is 3. The summed E-state index contributed by atoms with van der Waals surface area (Å²) in [5.41, 5.74) is 5.54. The van der Waals surface area contributed by atoms with Crippen LogP contribution in [0.3, 0.4) is 0 Å². The van der Waals surface area contributed by atoms with Crippen LogP contribution in [0.15, 0.2) is 17.1 Å². The first-order chi connectivity index (χ1) is 10.5. The van der Waals surface area contributed by atoms with E-state index in [-0.39, 0.29) is 5.69 Å². The molecule has 0 aliphatic carbocycles. The van der Waals surface area contributed by atoms with Crippen molar-refractivity contribution in [3.05, 3.63) is 22.7 Å². The number of aryl methyl sites for hydroxylation is 2. The molecule has 0 aromatic carbocycles. The normalized spacial score (nSPS) is 13.0. The van der Waals surface area contributed by atoms with Crippen molar-refractivity contribution >= 4 is 16.9 Å². The van der Waals surface area contributed by atoms with Crippen LogP contribution in [0.25, 0.3) is 11.2 Å². The van der Waals surface area contributed by atoms with Gasteiger partial charge in [-0.1, -0.05) is 0 Å². The van der Waals surface area contributed by atoms with Crippen molar-refractivity contribution in [3.8, 4) is 0 Å². The van der Waals surface area contributed by atoms with Gasteiger partial charge in [-0.25, -0.2) is 9.78 Å².